The van der Waals surface area contributed by atoms with Crippen LogP contribution in [0.2, 0.25) is 0 Å². The molecule has 0 amide bonds. The lowest BCUT2D eigenvalue weighted by Gasteiger charge is -2.48. The van der Waals surface area contributed by atoms with Gasteiger partial charge in [-0.2, -0.15) is 4.98 Å². The molecule has 2 fully saturated rings. The fourth-order valence-corrected chi connectivity index (χ4v) is 9.45. The van der Waals surface area contributed by atoms with Crippen LogP contribution in [0.1, 0.15) is 12.8 Å². The van der Waals surface area contributed by atoms with E-state index in [4.69, 9.17) is 19.4 Å². The Bertz CT molecular complexity index is 2040. The largest absolute Gasteiger partial charge is 0.494 e. The van der Waals surface area contributed by atoms with Crippen molar-refractivity contribution in [3.05, 3.63) is 48.1 Å². The van der Waals surface area contributed by atoms with Crippen LogP contribution in [0, 0.1) is 0 Å². The molecule has 2 N–H and O–H groups in total. The number of rotatable bonds is 7. The summed E-state index contributed by atoms with van der Waals surface area (Å²) in [4.78, 5) is 26.3. The minimum atomic E-state index is -2.76. The van der Waals surface area contributed by atoms with Gasteiger partial charge in [0.2, 0.25) is 5.95 Å². The van der Waals surface area contributed by atoms with E-state index < -0.39 is 7.14 Å². The number of nitrogens with zero attached hydrogens (tertiary/aromatic N) is 7. The van der Waals surface area contributed by atoms with Gasteiger partial charge in [0.15, 0.2) is 5.82 Å². The van der Waals surface area contributed by atoms with Gasteiger partial charge in [-0.3, -0.25) is 14.9 Å². The van der Waals surface area contributed by atoms with Gasteiger partial charge in [-0.1, -0.05) is 0 Å². The number of ether oxygens (including phenoxy) is 2. The van der Waals surface area contributed by atoms with Gasteiger partial charge < -0.3 is 34.5 Å². The van der Waals surface area contributed by atoms with Crippen molar-refractivity contribution in [3.8, 4) is 11.5 Å². The first-order chi connectivity index (χ1) is 23.2. The molecule has 12 nitrogen and oxygen atoms in total. The van der Waals surface area contributed by atoms with Crippen molar-refractivity contribution in [2.75, 3.05) is 82.4 Å². The highest BCUT2D eigenvalue weighted by atomic mass is 32.1. The zero-order valence-corrected chi connectivity index (χ0v) is 29.4. The summed E-state index contributed by atoms with van der Waals surface area (Å²) in [5.41, 5.74) is 4.57. The molecule has 14 heteroatoms. The second-order valence-corrected chi connectivity index (χ2v) is 17.3. The second kappa shape index (κ2) is 12.5. The van der Waals surface area contributed by atoms with Gasteiger partial charge >= 0.3 is 0 Å². The van der Waals surface area contributed by atoms with Gasteiger partial charge in [-0.15, -0.1) is 11.3 Å². The average molecular weight is 686 g/mol. The topological polar surface area (TPSA) is 121 Å². The Hall–Kier alpha value is -4.03. The Labute approximate surface area is 283 Å². The number of thiophene rings is 1. The summed E-state index contributed by atoms with van der Waals surface area (Å²) in [6.45, 7) is 9.70. The molecule has 3 aromatic heterocycles. The summed E-state index contributed by atoms with van der Waals surface area (Å²) in [5, 5.41) is 9.52. The summed E-state index contributed by atoms with van der Waals surface area (Å²) >= 11 is 1.54. The van der Waals surface area contributed by atoms with E-state index in [-0.39, 0.29) is 0 Å². The smallest absolute Gasteiger partial charge is 0.229 e. The first-order valence-electron chi connectivity index (χ1n) is 16.4. The molecule has 6 heterocycles. The number of hydrogen-bond acceptors (Lipinski definition) is 13. The number of piperidine rings is 1. The summed E-state index contributed by atoms with van der Waals surface area (Å²) < 4.78 is 26.8. The zero-order valence-electron chi connectivity index (χ0n) is 27.6. The van der Waals surface area contributed by atoms with E-state index in [1.54, 1.807) is 44.2 Å². The summed E-state index contributed by atoms with van der Waals surface area (Å²) in [6.07, 6.45) is 5.51. The Morgan fingerprint density at radius 3 is 2.60 bits per heavy atom. The average Bonchev–Trinajstić information content (AvgIpc) is 3.56. The van der Waals surface area contributed by atoms with Crippen LogP contribution in [0.4, 0.5) is 28.8 Å². The second-order valence-electron chi connectivity index (χ2n) is 13.2. The van der Waals surface area contributed by atoms with Gasteiger partial charge in [-0.25, -0.2) is 4.98 Å². The van der Waals surface area contributed by atoms with Gasteiger partial charge in [0.1, 0.15) is 30.8 Å². The molecule has 48 heavy (non-hydrogen) atoms. The highest BCUT2D eigenvalue weighted by molar-refractivity contribution is 7.71. The maximum absolute atomic E-state index is 13.6. The monoisotopic (exact) mass is 685 g/mol. The fraction of sp³-hybridized carbons (Fsp3) is 0.412. The van der Waals surface area contributed by atoms with Crippen molar-refractivity contribution in [2.24, 2.45) is 0 Å². The number of aromatic nitrogens is 4. The Balaban J connectivity index is 1.08. The van der Waals surface area contributed by atoms with Crippen LogP contribution in [0.15, 0.2) is 48.1 Å². The van der Waals surface area contributed by atoms with Crippen molar-refractivity contribution < 1.29 is 14.0 Å². The molecule has 0 bridgehead atoms. The minimum Gasteiger partial charge on any atom is -0.494 e. The molecule has 8 rings (SSSR count). The Kier molecular flexibility index (Phi) is 8.11. The zero-order chi connectivity index (χ0) is 33.0. The summed E-state index contributed by atoms with van der Waals surface area (Å²) in [5.74, 6) is 2.53. The summed E-state index contributed by atoms with van der Waals surface area (Å²) in [7, 11) is 1.13. The third-order valence-corrected chi connectivity index (χ3v) is 12.2. The number of fused-ring (bicyclic) bond motifs is 5. The maximum Gasteiger partial charge on any atom is 0.229 e. The van der Waals surface area contributed by atoms with Crippen molar-refractivity contribution in [2.45, 2.75) is 24.9 Å². The predicted molar refractivity (Wildman–Crippen MR) is 194 cm³/mol. The number of benzene rings is 2. The van der Waals surface area contributed by atoms with Gasteiger partial charge in [0, 0.05) is 63.3 Å². The van der Waals surface area contributed by atoms with E-state index in [2.05, 4.69) is 48.4 Å². The van der Waals surface area contributed by atoms with Crippen LogP contribution in [-0.4, -0.2) is 109 Å². The van der Waals surface area contributed by atoms with E-state index in [9.17, 15) is 4.57 Å². The fourth-order valence-electron chi connectivity index (χ4n) is 7.29. The van der Waals surface area contributed by atoms with E-state index in [0.717, 1.165) is 72.9 Å². The molecular weight excluding hydrogens is 645 g/mol. The SMILES string of the molecule is COc1cc2c(cc1Nc1nc(Nc3ccc4nccnc4c3P(C)(C)=O)c3sccc3n1)OC[C@H]1C[C@@H](N3CCN(C)CC3)CCN21. The van der Waals surface area contributed by atoms with Gasteiger partial charge in [0.25, 0.3) is 0 Å². The van der Waals surface area contributed by atoms with Crippen LogP contribution in [0.5, 0.6) is 11.5 Å². The molecule has 0 unspecified atom stereocenters. The first-order valence-corrected chi connectivity index (χ1v) is 19.9. The molecular formula is C34H40N9O3PS. The molecule has 0 spiro atoms. The number of methoxy groups -OCH3 is 1. The standard InChI is InChI=1S/C34H40N9O3PS/c1-41-12-14-42(15-13-41)21-7-11-43-22(17-21)20-46-29-18-26(28(45-2)19-27(29)43)39-34-38-25-8-16-48-32(25)33(40-34)37-24-6-5-23-30(36-10-9-35-23)31(24)47(3,4)44/h5-6,8-10,16,18-19,21-22H,7,11-15,17,20H2,1-4H3,(H2,37,38,39,40)/t21-,22+/m0/s1. The molecule has 3 aliphatic heterocycles. The van der Waals surface area contributed by atoms with Crippen LogP contribution < -0.4 is 30.3 Å². The third-order valence-electron chi connectivity index (χ3n) is 9.72. The van der Waals surface area contributed by atoms with Crippen LogP contribution in [-0.2, 0) is 4.57 Å². The lowest BCUT2D eigenvalue weighted by atomic mass is 9.93. The third kappa shape index (κ3) is 5.83. The molecule has 5 aromatic rings. The van der Waals surface area contributed by atoms with E-state index in [0.29, 0.717) is 58.2 Å². The van der Waals surface area contributed by atoms with Crippen LogP contribution in [0.3, 0.4) is 0 Å². The van der Waals surface area contributed by atoms with Crippen molar-refractivity contribution in [1.82, 2.24) is 29.7 Å². The van der Waals surface area contributed by atoms with E-state index in [1.807, 2.05) is 29.6 Å². The Morgan fingerprint density at radius 2 is 1.79 bits per heavy atom. The predicted octanol–water partition coefficient (Wildman–Crippen LogP) is 5.36. The molecule has 2 aromatic carbocycles. The molecule has 3 aliphatic rings. The molecule has 2 atom stereocenters. The molecule has 0 saturated carbocycles. The number of hydrogen-bond donors (Lipinski definition) is 2. The van der Waals surface area contributed by atoms with E-state index in [1.165, 1.54) is 0 Å². The molecule has 0 aliphatic carbocycles. The first kappa shape index (κ1) is 31.3. The van der Waals surface area contributed by atoms with Crippen molar-refractivity contribution in [1.29, 1.82) is 0 Å². The highest BCUT2D eigenvalue weighted by Crippen LogP contribution is 2.45. The number of piperazine rings is 1. The van der Waals surface area contributed by atoms with Crippen LogP contribution >= 0.6 is 18.5 Å². The lowest BCUT2D eigenvalue weighted by Crippen LogP contribution is -2.57. The quantitative estimate of drug-likeness (QED) is 0.215. The maximum atomic E-state index is 13.6. The summed E-state index contributed by atoms with van der Waals surface area (Å²) in [6, 6.07) is 10.7. The molecule has 0 radical (unpaired) electrons. The highest BCUT2D eigenvalue weighted by Gasteiger charge is 2.37. The number of nitrogens with one attached hydrogen (secondary N) is 2. The van der Waals surface area contributed by atoms with E-state index >= 15 is 0 Å². The van der Waals surface area contributed by atoms with Crippen molar-refractivity contribution >= 4 is 73.9 Å². The normalized spacial score (nSPS) is 20.3. The minimum absolute atomic E-state index is 0.338. The number of anilines is 5. The van der Waals surface area contributed by atoms with Crippen molar-refractivity contribution in [3.63, 3.8) is 0 Å². The molecule has 250 valence electrons. The molecule has 2 saturated heterocycles. The Morgan fingerprint density at radius 1 is 0.958 bits per heavy atom. The van der Waals surface area contributed by atoms with Crippen LogP contribution in [0.25, 0.3) is 21.3 Å². The number of likely N-dealkylation sites (N-methyl/N-ethyl adjacent to an activating group) is 1. The van der Waals surface area contributed by atoms with Gasteiger partial charge in [0.05, 0.1) is 51.3 Å². The lowest BCUT2D eigenvalue weighted by molar-refractivity contribution is 0.0822. The van der Waals surface area contributed by atoms with Gasteiger partial charge in [-0.05, 0) is 56.8 Å².